The minimum absolute atomic E-state index is 0.00247. The Kier molecular flexibility index (Phi) is 4.73. The highest BCUT2D eigenvalue weighted by atomic mass is 79.9. The molecular weight excluding hydrogens is 310 g/mol. The maximum Gasteiger partial charge on any atom is 0.252 e. The molecule has 0 aromatic heterocycles. The second kappa shape index (κ2) is 6.11. The van der Waals surface area contributed by atoms with E-state index < -0.39 is 0 Å². The summed E-state index contributed by atoms with van der Waals surface area (Å²) in [5.41, 5.74) is 0.668. The smallest absolute Gasteiger partial charge is 0.252 e. The minimum atomic E-state index is -0.00247. The molecule has 0 aliphatic heterocycles. The average Bonchev–Trinajstić information content (AvgIpc) is 2.35. The van der Waals surface area contributed by atoms with Gasteiger partial charge < -0.3 is 5.32 Å². The lowest BCUT2D eigenvalue weighted by Gasteiger charge is -2.27. The normalized spacial score (nSPS) is 23.7. The molecule has 1 aliphatic carbocycles. The first-order valence-electron chi connectivity index (χ1n) is 6.35. The Morgan fingerprint density at radius 3 is 2.67 bits per heavy atom. The van der Waals surface area contributed by atoms with E-state index in [1.54, 1.807) is 6.07 Å². The summed E-state index contributed by atoms with van der Waals surface area (Å²) in [5.74, 6) is 0.794. The zero-order valence-corrected chi connectivity index (χ0v) is 12.9. The number of carbonyl (C=O) groups excluding carboxylic acids is 1. The number of benzene rings is 1. The molecule has 0 heterocycles. The third-order valence-corrected chi connectivity index (χ3v) is 4.52. The fourth-order valence-electron chi connectivity index (χ4n) is 2.35. The molecule has 0 unspecified atom stereocenters. The van der Waals surface area contributed by atoms with E-state index in [1.165, 1.54) is 12.8 Å². The van der Waals surface area contributed by atoms with E-state index in [4.69, 9.17) is 0 Å². The lowest BCUT2D eigenvalue weighted by Crippen LogP contribution is -2.37. The number of amides is 1. The molecule has 2 nitrogen and oxygen atoms in total. The zero-order valence-electron chi connectivity index (χ0n) is 10.4. The predicted octanol–water partition coefficient (Wildman–Crippen LogP) is 4.05. The molecule has 1 aromatic rings. The molecule has 1 fully saturated rings. The molecular formula is C14H18BrNOS. The van der Waals surface area contributed by atoms with Crippen molar-refractivity contribution in [3.8, 4) is 0 Å². The van der Waals surface area contributed by atoms with Crippen LogP contribution in [0, 0.1) is 5.92 Å². The van der Waals surface area contributed by atoms with Crippen LogP contribution in [0.2, 0.25) is 0 Å². The van der Waals surface area contributed by atoms with Gasteiger partial charge >= 0.3 is 0 Å². The number of carbonyl (C=O) groups is 1. The van der Waals surface area contributed by atoms with Gasteiger partial charge in [0.25, 0.3) is 5.91 Å². The van der Waals surface area contributed by atoms with Crippen LogP contribution in [0.1, 0.15) is 43.0 Å². The van der Waals surface area contributed by atoms with Crippen molar-refractivity contribution in [3.63, 3.8) is 0 Å². The van der Waals surface area contributed by atoms with Crippen LogP contribution in [-0.4, -0.2) is 11.9 Å². The van der Waals surface area contributed by atoms with E-state index in [1.807, 2.05) is 12.1 Å². The van der Waals surface area contributed by atoms with Crippen molar-refractivity contribution in [3.05, 3.63) is 28.2 Å². The standard InChI is InChI=1S/C14H18BrNOS/c1-9-2-4-10(5-3-9)16-14(17)12-8-11(18)6-7-13(12)15/h6-10,18H,2-5H2,1H3,(H,16,17). The average molecular weight is 328 g/mol. The van der Waals surface area contributed by atoms with E-state index in [-0.39, 0.29) is 5.91 Å². The van der Waals surface area contributed by atoms with E-state index in [9.17, 15) is 4.79 Å². The Labute approximate surface area is 122 Å². The second-order valence-corrected chi connectivity index (χ2v) is 6.47. The van der Waals surface area contributed by atoms with Gasteiger partial charge in [-0.05, 0) is 65.7 Å². The van der Waals surface area contributed by atoms with Crippen molar-refractivity contribution in [2.75, 3.05) is 0 Å². The first-order valence-corrected chi connectivity index (χ1v) is 7.59. The first kappa shape index (κ1) is 13.9. The van der Waals surface area contributed by atoms with Gasteiger partial charge in [-0.25, -0.2) is 0 Å². The Bertz CT molecular complexity index is 441. The van der Waals surface area contributed by atoms with Gasteiger partial charge in [-0.3, -0.25) is 4.79 Å². The van der Waals surface area contributed by atoms with Crippen LogP contribution in [0.5, 0.6) is 0 Å². The fourth-order valence-corrected chi connectivity index (χ4v) is 2.99. The SMILES string of the molecule is CC1CCC(NC(=O)c2cc(S)ccc2Br)CC1. The number of nitrogens with one attached hydrogen (secondary N) is 1. The summed E-state index contributed by atoms with van der Waals surface area (Å²) in [5, 5.41) is 3.12. The predicted molar refractivity (Wildman–Crippen MR) is 80.3 cm³/mol. The lowest BCUT2D eigenvalue weighted by atomic mass is 9.87. The van der Waals surface area contributed by atoms with Gasteiger partial charge in [0.05, 0.1) is 5.56 Å². The molecule has 0 bridgehead atoms. The Balaban J connectivity index is 2.01. The van der Waals surface area contributed by atoms with Crippen molar-refractivity contribution in [2.24, 2.45) is 5.92 Å². The Morgan fingerprint density at radius 1 is 1.33 bits per heavy atom. The third-order valence-electron chi connectivity index (χ3n) is 3.55. The van der Waals surface area contributed by atoms with Gasteiger partial charge in [0.15, 0.2) is 0 Å². The minimum Gasteiger partial charge on any atom is -0.349 e. The summed E-state index contributed by atoms with van der Waals surface area (Å²) in [6.45, 7) is 2.28. The van der Waals surface area contributed by atoms with E-state index >= 15 is 0 Å². The van der Waals surface area contributed by atoms with Crippen LogP contribution >= 0.6 is 28.6 Å². The van der Waals surface area contributed by atoms with Crippen LogP contribution in [0.15, 0.2) is 27.6 Å². The highest BCUT2D eigenvalue weighted by molar-refractivity contribution is 9.10. The summed E-state index contributed by atoms with van der Waals surface area (Å²) in [6, 6.07) is 5.85. The van der Waals surface area contributed by atoms with Crippen LogP contribution in [0.4, 0.5) is 0 Å². The molecule has 2 rings (SSSR count). The van der Waals surface area contributed by atoms with Crippen molar-refractivity contribution < 1.29 is 4.79 Å². The third kappa shape index (κ3) is 3.51. The summed E-state index contributed by atoms with van der Waals surface area (Å²) >= 11 is 7.68. The Hall–Kier alpha value is -0.480. The number of thiol groups is 1. The molecule has 98 valence electrons. The van der Waals surface area contributed by atoms with E-state index in [0.717, 1.165) is 28.1 Å². The second-order valence-electron chi connectivity index (χ2n) is 5.09. The van der Waals surface area contributed by atoms with Gasteiger partial charge in [-0.1, -0.05) is 6.92 Å². The maximum absolute atomic E-state index is 12.2. The molecule has 4 heteroatoms. The fraction of sp³-hybridized carbons (Fsp3) is 0.500. The van der Waals surface area contributed by atoms with Crippen LogP contribution in [0.25, 0.3) is 0 Å². The van der Waals surface area contributed by atoms with Crippen LogP contribution in [-0.2, 0) is 0 Å². The molecule has 0 spiro atoms. The molecule has 0 saturated heterocycles. The first-order chi connectivity index (χ1) is 8.56. The molecule has 1 N–H and O–H groups in total. The monoisotopic (exact) mass is 327 g/mol. The topological polar surface area (TPSA) is 29.1 Å². The van der Waals surface area contributed by atoms with Crippen LogP contribution in [0.3, 0.4) is 0 Å². The van der Waals surface area contributed by atoms with Gasteiger partial charge in [-0.15, -0.1) is 12.6 Å². The largest absolute Gasteiger partial charge is 0.349 e. The quantitative estimate of drug-likeness (QED) is 0.788. The molecule has 0 atom stereocenters. The number of rotatable bonds is 2. The van der Waals surface area contributed by atoms with Gasteiger partial charge in [-0.2, -0.15) is 0 Å². The highest BCUT2D eigenvalue weighted by Gasteiger charge is 2.21. The van der Waals surface area contributed by atoms with Gasteiger partial charge in [0, 0.05) is 15.4 Å². The van der Waals surface area contributed by atoms with E-state index in [0.29, 0.717) is 11.6 Å². The van der Waals surface area contributed by atoms with Gasteiger partial charge in [0.2, 0.25) is 0 Å². The highest BCUT2D eigenvalue weighted by Crippen LogP contribution is 2.25. The number of hydrogen-bond acceptors (Lipinski definition) is 2. The zero-order chi connectivity index (χ0) is 13.1. The van der Waals surface area contributed by atoms with Crippen molar-refractivity contribution in [1.29, 1.82) is 0 Å². The summed E-state index contributed by atoms with van der Waals surface area (Å²) < 4.78 is 0.821. The Morgan fingerprint density at radius 2 is 2.00 bits per heavy atom. The molecule has 1 aromatic carbocycles. The molecule has 1 saturated carbocycles. The number of halogens is 1. The summed E-state index contributed by atoms with van der Waals surface area (Å²) in [6.07, 6.45) is 4.59. The molecule has 0 radical (unpaired) electrons. The van der Waals surface area contributed by atoms with Crippen molar-refractivity contribution in [1.82, 2.24) is 5.32 Å². The summed E-state index contributed by atoms with van der Waals surface area (Å²) in [4.78, 5) is 13.0. The van der Waals surface area contributed by atoms with Gasteiger partial charge in [0.1, 0.15) is 0 Å². The lowest BCUT2D eigenvalue weighted by molar-refractivity contribution is 0.0922. The van der Waals surface area contributed by atoms with E-state index in [2.05, 4.69) is 40.8 Å². The summed E-state index contributed by atoms with van der Waals surface area (Å²) in [7, 11) is 0. The molecule has 1 amide bonds. The van der Waals surface area contributed by atoms with Crippen molar-refractivity contribution in [2.45, 2.75) is 43.5 Å². The maximum atomic E-state index is 12.2. The van der Waals surface area contributed by atoms with Crippen molar-refractivity contribution >= 4 is 34.5 Å². The number of hydrogen-bond donors (Lipinski definition) is 2. The van der Waals surface area contributed by atoms with Crippen LogP contribution < -0.4 is 5.32 Å². The molecule has 18 heavy (non-hydrogen) atoms. The molecule has 1 aliphatic rings.